The van der Waals surface area contributed by atoms with E-state index in [2.05, 4.69) is 20.6 Å². The van der Waals surface area contributed by atoms with Gasteiger partial charge in [-0.1, -0.05) is 6.07 Å². The number of aliphatic imine (C=N–C) groups is 1. The number of hydrogen-bond donors (Lipinski definition) is 3. The number of aromatic nitrogens is 2. The number of aliphatic hydroxyl groups is 1. The zero-order valence-corrected chi connectivity index (χ0v) is 17.4. The van der Waals surface area contributed by atoms with Gasteiger partial charge in [0.25, 0.3) is 0 Å². The zero-order valence-electron chi connectivity index (χ0n) is 17.4. The number of fused-ring (bicyclic) bond motifs is 1. The summed E-state index contributed by atoms with van der Waals surface area (Å²) in [5.41, 5.74) is 0.920. The SMILES string of the molecule is CC(C)(C)Nc1ncc2c(n1)C([C@H]1CC[C@@H](O)CC1)C(Nc1c(F)cccc1F)=N2. The fourth-order valence-corrected chi connectivity index (χ4v) is 4.16. The van der Waals surface area contributed by atoms with Gasteiger partial charge < -0.3 is 15.7 Å². The molecule has 1 aliphatic heterocycles. The molecule has 8 heteroatoms. The van der Waals surface area contributed by atoms with Crippen molar-refractivity contribution in [3.05, 3.63) is 41.7 Å². The van der Waals surface area contributed by atoms with E-state index in [-0.39, 0.29) is 29.2 Å². The molecule has 2 aromatic rings. The first kappa shape index (κ1) is 20.7. The van der Waals surface area contributed by atoms with Crippen molar-refractivity contribution < 1.29 is 13.9 Å². The lowest BCUT2D eigenvalue weighted by atomic mass is 9.77. The highest BCUT2D eigenvalue weighted by Crippen LogP contribution is 2.44. The van der Waals surface area contributed by atoms with Gasteiger partial charge in [0.1, 0.15) is 28.8 Å². The summed E-state index contributed by atoms with van der Waals surface area (Å²) in [5, 5.41) is 16.1. The predicted octanol–water partition coefficient (Wildman–Crippen LogP) is 4.76. The molecule has 0 bridgehead atoms. The molecular weight excluding hydrogens is 388 g/mol. The maximum absolute atomic E-state index is 14.3. The second-order valence-corrected chi connectivity index (χ2v) is 9.10. The number of halogens is 2. The van der Waals surface area contributed by atoms with E-state index >= 15 is 0 Å². The molecule has 2 aliphatic rings. The largest absolute Gasteiger partial charge is 0.393 e. The van der Waals surface area contributed by atoms with Gasteiger partial charge in [-0.15, -0.1) is 0 Å². The number of para-hydroxylation sites is 1. The minimum Gasteiger partial charge on any atom is -0.393 e. The Kier molecular flexibility index (Phi) is 5.44. The van der Waals surface area contributed by atoms with E-state index in [1.807, 2.05) is 20.8 Å². The van der Waals surface area contributed by atoms with E-state index < -0.39 is 11.6 Å². The molecule has 0 spiro atoms. The number of nitrogens with one attached hydrogen (secondary N) is 2. The molecule has 1 fully saturated rings. The Morgan fingerprint density at radius 3 is 2.37 bits per heavy atom. The monoisotopic (exact) mass is 415 g/mol. The molecule has 3 N–H and O–H groups in total. The van der Waals surface area contributed by atoms with E-state index in [0.29, 0.717) is 30.3 Å². The van der Waals surface area contributed by atoms with Gasteiger partial charge in [0.15, 0.2) is 0 Å². The number of rotatable bonds is 3. The topological polar surface area (TPSA) is 82.4 Å². The molecular formula is C22H27F2N5O. The molecule has 0 amide bonds. The van der Waals surface area contributed by atoms with Crippen molar-refractivity contribution in [1.82, 2.24) is 9.97 Å². The molecule has 1 atom stereocenters. The third kappa shape index (κ3) is 4.28. The van der Waals surface area contributed by atoms with Crippen molar-refractivity contribution in [2.45, 2.75) is 64.0 Å². The van der Waals surface area contributed by atoms with Crippen molar-refractivity contribution in [3.8, 4) is 0 Å². The van der Waals surface area contributed by atoms with Crippen LogP contribution in [-0.4, -0.2) is 32.6 Å². The van der Waals surface area contributed by atoms with Crippen LogP contribution in [0.2, 0.25) is 0 Å². The standard InChI is InChI=1S/C22H27F2N5O/c1-22(2,3)29-21-25-11-16-19(28-21)17(12-7-9-13(30)10-8-12)20(26-16)27-18-14(23)5-4-6-15(18)24/h4-6,11-13,17,30H,7-10H2,1-3H3,(H,26,27)(H,25,28,29)/t12-,13+,17?. The maximum Gasteiger partial charge on any atom is 0.223 e. The van der Waals surface area contributed by atoms with Crippen LogP contribution in [0.3, 0.4) is 0 Å². The lowest BCUT2D eigenvalue weighted by Gasteiger charge is -2.31. The van der Waals surface area contributed by atoms with Crippen LogP contribution in [-0.2, 0) is 0 Å². The fourth-order valence-electron chi connectivity index (χ4n) is 4.16. The van der Waals surface area contributed by atoms with Gasteiger partial charge in [0, 0.05) is 5.54 Å². The average Bonchev–Trinajstić information content (AvgIpc) is 3.01. The Morgan fingerprint density at radius 1 is 1.07 bits per heavy atom. The molecule has 160 valence electrons. The molecule has 1 aromatic heterocycles. The summed E-state index contributed by atoms with van der Waals surface area (Å²) in [4.78, 5) is 13.7. The summed E-state index contributed by atoms with van der Waals surface area (Å²) >= 11 is 0. The highest BCUT2D eigenvalue weighted by atomic mass is 19.1. The van der Waals surface area contributed by atoms with Crippen LogP contribution >= 0.6 is 0 Å². The molecule has 6 nitrogen and oxygen atoms in total. The third-order valence-corrected chi connectivity index (χ3v) is 5.54. The van der Waals surface area contributed by atoms with Crippen LogP contribution in [0, 0.1) is 17.6 Å². The van der Waals surface area contributed by atoms with E-state index in [0.717, 1.165) is 18.5 Å². The van der Waals surface area contributed by atoms with Crippen molar-refractivity contribution in [3.63, 3.8) is 0 Å². The third-order valence-electron chi connectivity index (χ3n) is 5.54. The Bertz CT molecular complexity index is 944. The van der Waals surface area contributed by atoms with Gasteiger partial charge >= 0.3 is 0 Å². The van der Waals surface area contributed by atoms with Gasteiger partial charge in [-0.05, 0) is 64.5 Å². The summed E-state index contributed by atoms with van der Waals surface area (Å²) in [6.07, 6.45) is 4.30. The summed E-state index contributed by atoms with van der Waals surface area (Å²) in [6, 6.07) is 3.76. The molecule has 1 aromatic carbocycles. The highest BCUT2D eigenvalue weighted by Gasteiger charge is 2.38. The number of anilines is 2. The first-order valence-electron chi connectivity index (χ1n) is 10.3. The highest BCUT2D eigenvalue weighted by molar-refractivity contribution is 6.05. The summed E-state index contributed by atoms with van der Waals surface area (Å²) < 4.78 is 28.5. The van der Waals surface area contributed by atoms with Gasteiger partial charge in [-0.3, -0.25) is 0 Å². The summed E-state index contributed by atoms with van der Waals surface area (Å²) in [7, 11) is 0. The molecule has 0 saturated heterocycles. The first-order chi connectivity index (χ1) is 14.2. The number of aliphatic hydroxyl groups excluding tert-OH is 1. The van der Waals surface area contributed by atoms with Crippen molar-refractivity contribution in [2.75, 3.05) is 10.6 Å². The Labute approximate surface area is 174 Å². The van der Waals surface area contributed by atoms with Crippen LogP contribution in [0.1, 0.15) is 58.1 Å². The molecule has 4 rings (SSSR count). The lowest BCUT2D eigenvalue weighted by molar-refractivity contribution is 0.106. The number of hydrogen-bond acceptors (Lipinski definition) is 6. The zero-order chi connectivity index (χ0) is 21.5. The van der Waals surface area contributed by atoms with E-state index in [9.17, 15) is 13.9 Å². The van der Waals surface area contributed by atoms with Gasteiger partial charge in [0.2, 0.25) is 5.95 Å². The lowest BCUT2D eigenvalue weighted by Crippen LogP contribution is -2.31. The van der Waals surface area contributed by atoms with E-state index in [4.69, 9.17) is 4.98 Å². The van der Waals surface area contributed by atoms with Gasteiger partial charge in [0.05, 0.1) is 23.9 Å². The van der Waals surface area contributed by atoms with Gasteiger partial charge in [-0.2, -0.15) is 0 Å². The molecule has 0 radical (unpaired) electrons. The van der Waals surface area contributed by atoms with Crippen molar-refractivity contribution >= 4 is 23.2 Å². The molecule has 2 heterocycles. The fraction of sp³-hybridized carbons (Fsp3) is 0.500. The summed E-state index contributed by atoms with van der Waals surface area (Å²) in [6.45, 7) is 6.07. The number of benzene rings is 1. The Balaban J connectivity index is 1.69. The van der Waals surface area contributed by atoms with Gasteiger partial charge in [-0.25, -0.2) is 23.7 Å². The smallest absolute Gasteiger partial charge is 0.223 e. The van der Waals surface area contributed by atoms with E-state index in [1.54, 1.807) is 6.20 Å². The number of nitrogens with zero attached hydrogens (tertiary/aromatic N) is 3. The maximum atomic E-state index is 14.3. The van der Waals surface area contributed by atoms with Crippen LogP contribution in [0.25, 0.3) is 0 Å². The molecule has 1 aliphatic carbocycles. The normalized spacial score (nSPS) is 23.7. The Hall–Kier alpha value is -2.61. The minimum absolute atomic E-state index is 0.160. The van der Waals surface area contributed by atoms with Crippen LogP contribution < -0.4 is 10.6 Å². The number of amidine groups is 1. The minimum atomic E-state index is -0.673. The average molecular weight is 415 g/mol. The quantitative estimate of drug-likeness (QED) is 0.674. The van der Waals surface area contributed by atoms with E-state index in [1.165, 1.54) is 18.2 Å². The second-order valence-electron chi connectivity index (χ2n) is 9.10. The summed E-state index contributed by atoms with van der Waals surface area (Å²) in [5.74, 6) is -0.461. The molecule has 1 unspecified atom stereocenters. The van der Waals surface area contributed by atoms with Crippen LogP contribution in [0.5, 0.6) is 0 Å². The molecule has 1 saturated carbocycles. The predicted molar refractivity (Wildman–Crippen MR) is 113 cm³/mol. The Morgan fingerprint density at radius 2 is 1.73 bits per heavy atom. The van der Waals surface area contributed by atoms with Crippen molar-refractivity contribution in [1.29, 1.82) is 0 Å². The van der Waals surface area contributed by atoms with Crippen LogP contribution in [0.15, 0.2) is 29.4 Å². The second kappa shape index (κ2) is 7.91. The van der Waals surface area contributed by atoms with Crippen LogP contribution in [0.4, 0.5) is 26.1 Å². The molecule has 30 heavy (non-hydrogen) atoms. The first-order valence-corrected chi connectivity index (χ1v) is 10.3. The van der Waals surface area contributed by atoms with Crippen molar-refractivity contribution in [2.24, 2.45) is 10.9 Å².